The summed E-state index contributed by atoms with van der Waals surface area (Å²) in [7, 11) is 0. The summed E-state index contributed by atoms with van der Waals surface area (Å²) in [4.78, 5) is 12.7. The van der Waals surface area contributed by atoms with Gasteiger partial charge < -0.3 is 14.2 Å². The first-order chi connectivity index (χ1) is 16.8. The molecule has 0 N–H and O–H groups in total. The topological polar surface area (TPSA) is 44.8 Å². The fourth-order valence-corrected chi connectivity index (χ4v) is 4.53. The number of benzene rings is 5. The van der Waals surface area contributed by atoms with Crippen molar-refractivity contribution in [1.82, 2.24) is 0 Å². The second-order valence-electron chi connectivity index (χ2n) is 8.34. The summed E-state index contributed by atoms with van der Waals surface area (Å²) in [5.41, 5.74) is 2.47. The first kappa shape index (κ1) is 20.3. The number of fused-ring (bicyclic) bond motifs is 7. The van der Waals surface area contributed by atoms with Crippen molar-refractivity contribution in [1.29, 1.82) is 0 Å². The van der Waals surface area contributed by atoms with Gasteiger partial charge in [-0.15, -0.1) is 0 Å². The molecule has 4 nitrogen and oxygen atoms in total. The van der Waals surface area contributed by atoms with E-state index < -0.39 is 12.1 Å². The van der Waals surface area contributed by atoms with Crippen LogP contribution in [-0.4, -0.2) is 25.3 Å². The predicted octanol–water partition coefficient (Wildman–Crippen LogP) is 6.66. The fraction of sp³-hybridized carbons (Fsp3) is 0.100. The van der Waals surface area contributed by atoms with Gasteiger partial charge in [-0.1, -0.05) is 78.9 Å². The van der Waals surface area contributed by atoms with Crippen LogP contribution in [0.15, 0.2) is 103 Å². The van der Waals surface area contributed by atoms with Crippen molar-refractivity contribution in [2.75, 3.05) is 13.2 Å². The third-order valence-electron chi connectivity index (χ3n) is 6.16. The molecule has 0 saturated heterocycles. The summed E-state index contributed by atoms with van der Waals surface area (Å²) in [5, 5.41) is 4.41. The fourth-order valence-electron chi connectivity index (χ4n) is 4.53. The Bertz CT molecular complexity index is 1420. The van der Waals surface area contributed by atoms with Gasteiger partial charge in [0, 0.05) is 11.1 Å². The molecule has 5 aromatic carbocycles. The average Bonchev–Trinajstić information content (AvgIpc) is 2.97. The first-order valence-electron chi connectivity index (χ1n) is 11.3. The Kier molecular flexibility index (Phi) is 5.11. The lowest BCUT2D eigenvalue weighted by Crippen LogP contribution is -2.31. The molecule has 34 heavy (non-hydrogen) atoms. The highest BCUT2D eigenvalue weighted by Crippen LogP contribution is 2.46. The first-order valence-corrected chi connectivity index (χ1v) is 11.3. The van der Waals surface area contributed by atoms with E-state index in [-0.39, 0.29) is 13.2 Å². The number of carbonyl (C=O) groups excluding carboxylic acids is 1. The van der Waals surface area contributed by atoms with Crippen molar-refractivity contribution in [2.45, 2.75) is 6.10 Å². The summed E-state index contributed by atoms with van der Waals surface area (Å²) >= 11 is 0. The highest BCUT2D eigenvalue weighted by atomic mass is 16.6. The van der Waals surface area contributed by atoms with Crippen molar-refractivity contribution in [3.8, 4) is 22.6 Å². The predicted molar refractivity (Wildman–Crippen MR) is 134 cm³/mol. The molecular formula is C30H22O4. The SMILES string of the molecule is O=C(OC1COc2ccc3ccccc3c2-c2c(ccc3ccccc23)OC1)c1ccccc1. The van der Waals surface area contributed by atoms with E-state index in [1.54, 1.807) is 12.1 Å². The molecule has 0 spiro atoms. The van der Waals surface area contributed by atoms with Gasteiger partial charge in [0.05, 0.1) is 5.56 Å². The van der Waals surface area contributed by atoms with Crippen molar-refractivity contribution >= 4 is 27.5 Å². The van der Waals surface area contributed by atoms with Gasteiger partial charge in [0.15, 0.2) is 6.10 Å². The largest absolute Gasteiger partial charge is 0.489 e. The van der Waals surface area contributed by atoms with Crippen molar-refractivity contribution in [3.63, 3.8) is 0 Å². The maximum absolute atomic E-state index is 12.7. The summed E-state index contributed by atoms with van der Waals surface area (Å²) in [6.07, 6.45) is -0.565. The molecule has 0 amide bonds. The van der Waals surface area contributed by atoms with Gasteiger partial charge in [-0.3, -0.25) is 0 Å². The minimum absolute atomic E-state index is 0.190. The Labute approximate surface area is 197 Å². The van der Waals surface area contributed by atoms with Crippen LogP contribution in [-0.2, 0) is 4.74 Å². The monoisotopic (exact) mass is 446 g/mol. The van der Waals surface area contributed by atoms with Gasteiger partial charge in [-0.25, -0.2) is 4.79 Å². The normalized spacial score (nSPS) is 13.5. The minimum atomic E-state index is -0.565. The molecule has 0 aliphatic carbocycles. The van der Waals surface area contributed by atoms with Gasteiger partial charge in [-0.05, 0) is 45.8 Å². The molecule has 0 atom stereocenters. The van der Waals surface area contributed by atoms with Crippen molar-refractivity contribution in [3.05, 3.63) is 109 Å². The Morgan fingerprint density at radius 1 is 0.618 bits per heavy atom. The zero-order valence-electron chi connectivity index (χ0n) is 18.4. The van der Waals surface area contributed by atoms with Gasteiger partial charge >= 0.3 is 5.97 Å². The zero-order valence-corrected chi connectivity index (χ0v) is 18.4. The molecule has 0 unspecified atom stereocenters. The quantitative estimate of drug-likeness (QED) is 0.285. The van der Waals surface area contributed by atoms with E-state index in [1.807, 2.05) is 54.6 Å². The molecule has 1 aliphatic rings. The number of rotatable bonds is 2. The molecule has 0 saturated carbocycles. The third-order valence-corrected chi connectivity index (χ3v) is 6.16. The van der Waals surface area contributed by atoms with Crippen molar-refractivity contribution in [2.24, 2.45) is 0 Å². The molecule has 0 fully saturated rings. The second kappa shape index (κ2) is 8.56. The minimum Gasteiger partial charge on any atom is -0.489 e. The highest BCUT2D eigenvalue weighted by molar-refractivity contribution is 6.09. The number of hydrogen-bond donors (Lipinski definition) is 0. The lowest BCUT2D eigenvalue weighted by molar-refractivity contribution is 0.00320. The molecule has 5 aromatic rings. The van der Waals surface area contributed by atoms with E-state index in [4.69, 9.17) is 14.2 Å². The maximum atomic E-state index is 12.7. The Morgan fingerprint density at radius 2 is 1.12 bits per heavy atom. The van der Waals surface area contributed by atoms with Crippen LogP contribution < -0.4 is 9.47 Å². The average molecular weight is 447 g/mol. The van der Waals surface area contributed by atoms with Crippen LogP contribution in [0.4, 0.5) is 0 Å². The van der Waals surface area contributed by atoms with Gasteiger partial charge in [0.25, 0.3) is 0 Å². The van der Waals surface area contributed by atoms with Crippen LogP contribution in [0, 0.1) is 0 Å². The molecular weight excluding hydrogens is 424 g/mol. The van der Waals surface area contributed by atoms with Crippen LogP contribution in [0.1, 0.15) is 10.4 Å². The second-order valence-corrected chi connectivity index (χ2v) is 8.34. The summed E-state index contributed by atoms with van der Waals surface area (Å²) in [6, 6.07) is 33.6. The van der Waals surface area contributed by atoms with Crippen molar-refractivity contribution < 1.29 is 19.0 Å². The Balaban J connectivity index is 1.48. The Morgan fingerprint density at radius 3 is 1.68 bits per heavy atom. The molecule has 1 heterocycles. The number of ether oxygens (including phenoxy) is 3. The van der Waals surface area contributed by atoms with E-state index in [0.29, 0.717) is 5.56 Å². The van der Waals surface area contributed by atoms with Gasteiger partial charge in [0.1, 0.15) is 24.7 Å². The lowest BCUT2D eigenvalue weighted by atomic mass is 9.92. The zero-order chi connectivity index (χ0) is 22.9. The highest BCUT2D eigenvalue weighted by Gasteiger charge is 2.25. The van der Waals surface area contributed by atoms with E-state index >= 15 is 0 Å². The van der Waals surface area contributed by atoms with E-state index in [1.165, 1.54) is 0 Å². The van der Waals surface area contributed by atoms with E-state index in [9.17, 15) is 4.79 Å². The van der Waals surface area contributed by atoms with Crippen LogP contribution in [0.5, 0.6) is 11.5 Å². The van der Waals surface area contributed by atoms with Crippen LogP contribution in [0.25, 0.3) is 32.7 Å². The molecule has 1 aliphatic heterocycles. The Hall–Kier alpha value is -4.31. The third kappa shape index (κ3) is 3.63. The smallest absolute Gasteiger partial charge is 0.338 e. The summed E-state index contributed by atoms with van der Waals surface area (Å²) in [6.45, 7) is 0.381. The molecule has 6 rings (SSSR count). The molecule has 0 radical (unpaired) electrons. The standard InChI is InChI=1S/C30H22O4/c31-30(22-10-2-1-3-11-22)34-23-18-32-26-16-14-20-8-4-6-12-24(20)28(26)29-25-13-7-5-9-21(25)15-17-27(29)33-19-23/h1-17,23H,18-19H2. The van der Waals surface area contributed by atoms with Gasteiger partial charge in [-0.2, -0.15) is 0 Å². The summed E-state index contributed by atoms with van der Waals surface area (Å²) < 4.78 is 18.4. The van der Waals surface area contributed by atoms with Crippen LogP contribution in [0.3, 0.4) is 0 Å². The van der Waals surface area contributed by atoms with E-state index in [2.05, 4.69) is 36.4 Å². The van der Waals surface area contributed by atoms with Crippen LogP contribution >= 0.6 is 0 Å². The summed E-state index contributed by atoms with van der Waals surface area (Å²) in [5.74, 6) is 1.08. The molecule has 4 heteroatoms. The number of esters is 1. The van der Waals surface area contributed by atoms with Crippen LogP contribution in [0.2, 0.25) is 0 Å². The molecule has 166 valence electrons. The molecule has 0 aromatic heterocycles. The maximum Gasteiger partial charge on any atom is 0.338 e. The number of hydrogen-bond acceptors (Lipinski definition) is 4. The van der Waals surface area contributed by atoms with E-state index in [0.717, 1.165) is 44.2 Å². The lowest BCUT2D eigenvalue weighted by Gasteiger charge is -2.18. The molecule has 0 bridgehead atoms. The van der Waals surface area contributed by atoms with Gasteiger partial charge in [0.2, 0.25) is 0 Å². The number of carbonyl (C=O) groups is 1.